The summed E-state index contributed by atoms with van der Waals surface area (Å²) in [6.45, 7) is 6.42. The number of nitrogens with zero attached hydrogens (tertiary/aromatic N) is 1. The standard InChI is InChI=1S/C24H30BrFN2O3/c1-4-13-27-24(30)21(6-3)28(15-18-7-10-19(26)11-8-18)23(29)16-31-22-12-9-17(5-2)14-20(22)25/h7-12,14,21H,4-6,13,15-16H2,1-3H3,(H,27,30)/t21-/m0/s1. The average molecular weight is 493 g/mol. The van der Waals surface area contributed by atoms with Crippen LogP contribution in [0.2, 0.25) is 0 Å². The second-order valence-electron chi connectivity index (χ2n) is 7.27. The molecule has 0 bridgehead atoms. The van der Waals surface area contributed by atoms with E-state index in [1.54, 1.807) is 12.1 Å². The molecule has 1 N–H and O–H groups in total. The molecule has 0 radical (unpaired) electrons. The molecule has 0 saturated carbocycles. The minimum atomic E-state index is -0.640. The normalized spacial score (nSPS) is 11.6. The fourth-order valence-electron chi connectivity index (χ4n) is 3.18. The van der Waals surface area contributed by atoms with Gasteiger partial charge in [-0.05, 0) is 70.6 Å². The Morgan fingerprint density at radius 2 is 1.77 bits per heavy atom. The van der Waals surface area contributed by atoms with Crippen molar-refractivity contribution in [3.05, 3.63) is 63.9 Å². The van der Waals surface area contributed by atoms with Crippen molar-refractivity contribution in [3.8, 4) is 5.75 Å². The summed E-state index contributed by atoms with van der Waals surface area (Å²) in [7, 11) is 0. The van der Waals surface area contributed by atoms with Gasteiger partial charge in [-0.15, -0.1) is 0 Å². The van der Waals surface area contributed by atoms with Crippen molar-refractivity contribution in [3.63, 3.8) is 0 Å². The van der Waals surface area contributed by atoms with Gasteiger partial charge in [-0.25, -0.2) is 4.39 Å². The predicted octanol–water partition coefficient (Wildman–Crippen LogP) is 4.86. The van der Waals surface area contributed by atoms with E-state index in [1.165, 1.54) is 17.0 Å². The molecule has 2 aromatic carbocycles. The van der Waals surface area contributed by atoms with Gasteiger partial charge in [0.15, 0.2) is 6.61 Å². The number of nitrogens with one attached hydrogen (secondary N) is 1. The fourth-order valence-corrected chi connectivity index (χ4v) is 3.72. The van der Waals surface area contributed by atoms with Gasteiger partial charge in [0.25, 0.3) is 5.91 Å². The van der Waals surface area contributed by atoms with E-state index < -0.39 is 6.04 Å². The Hall–Kier alpha value is -2.41. The summed E-state index contributed by atoms with van der Waals surface area (Å²) in [4.78, 5) is 27.3. The molecule has 2 rings (SSSR count). The van der Waals surface area contributed by atoms with E-state index in [0.29, 0.717) is 18.7 Å². The third kappa shape index (κ3) is 7.35. The molecule has 7 heteroatoms. The number of ether oxygens (including phenoxy) is 1. The van der Waals surface area contributed by atoms with Gasteiger partial charge >= 0.3 is 0 Å². The first-order chi connectivity index (χ1) is 14.9. The van der Waals surface area contributed by atoms with Gasteiger partial charge in [-0.2, -0.15) is 0 Å². The number of hydrogen-bond acceptors (Lipinski definition) is 3. The van der Waals surface area contributed by atoms with Crippen molar-refractivity contribution < 1.29 is 18.7 Å². The quantitative estimate of drug-likeness (QED) is 0.487. The zero-order valence-corrected chi connectivity index (χ0v) is 19.9. The number of aryl methyl sites for hydroxylation is 1. The van der Waals surface area contributed by atoms with E-state index >= 15 is 0 Å². The molecular weight excluding hydrogens is 463 g/mol. The maximum absolute atomic E-state index is 13.3. The smallest absolute Gasteiger partial charge is 0.261 e. The molecule has 0 fully saturated rings. The molecule has 1 atom stereocenters. The molecule has 0 heterocycles. The zero-order valence-electron chi connectivity index (χ0n) is 18.3. The Morgan fingerprint density at radius 1 is 1.10 bits per heavy atom. The third-order valence-electron chi connectivity index (χ3n) is 4.96. The monoisotopic (exact) mass is 492 g/mol. The Kier molecular flexibility index (Phi) is 9.98. The van der Waals surface area contributed by atoms with E-state index in [1.807, 2.05) is 32.0 Å². The molecule has 0 saturated heterocycles. The van der Waals surface area contributed by atoms with Crippen molar-refractivity contribution >= 4 is 27.7 Å². The van der Waals surface area contributed by atoms with Crippen LogP contribution in [0.15, 0.2) is 46.9 Å². The highest BCUT2D eigenvalue weighted by atomic mass is 79.9. The molecule has 0 aliphatic carbocycles. The summed E-state index contributed by atoms with van der Waals surface area (Å²) in [5.41, 5.74) is 1.90. The van der Waals surface area contributed by atoms with E-state index in [-0.39, 0.29) is 30.8 Å². The van der Waals surface area contributed by atoms with Crippen LogP contribution in [0.25, 0.3) is 0 Å². The highest BCUT2D eigenvalue weighted by molar-refractivity contribution is 9.10. The van der Waals surface area contributed by atoms with Crippen LogP contribution in [-0.4, -0.2) is 35.9 Å². The van der Waals surface area contributed by atoms with Crippen LogP contribution >= 0.6 is 15.9 Å². The van der Waals surface area contributed by atoms with Gasteiger partial charge in [0.05, 0.1) is 4.47 Å². The lowest BCUT2D eigenvalue weighted by molar-refractivity contribution is -0.143. The number of amides is 2. The molecule has 31 heavy (non-hydrogen) atoms. The SMILES string of the molecule is CCCNC(=O)[C@H](CC)N(Cc1ccc(F)cc1)C(=O)COc1ccc(CC)cc1Br. The minimum absolute atomic E-state index is 0.191. The van der Waals surface area contributed by atoms with Crippen LogP contribution in [0.3, 0.4) is 0 Å². The number of benzene rings is 2. The lowest BCUT2D eigenvalue weighted by Gasteiger charge is -2.30. The Bertz CT molecular complexity index is 874. The molecule has 0 aromatic heterocycles. The summed E-state index contributed by atoms with van der Waals surface area (Å²) in [5, 5.41) is 2.87. The Balaban J connectivity index is 2.19. The van der Waals surface area contributed by atoms with Gasteiger partial charge in [-0.1, -0.05) is 39.0 Å². The van der Waals surface area contributed by atoms with Crippen LogP contribution in [0, 0.1) is 5.82 Å². The van der Waals surface area contributed by atoms with Gasteiger partial charge in [0, 0.05) is 13.1 Å². The second-order valence-corrected chi connectivity index (χ2v) is 8.12. The molecular formula is C24H30BrFN2O3. The number of rotatable bonds is 11. The highest BCUT2D eigenvalue weighted by Crippen LogP contribution is 2.26. The fraction of sp³-hybridized carbons (Fsp3) is 0.417. The Morgan fingerprint density at radius 3 is 2.35 bits per heavy atom. The van der Waals surface area contributed by atoms with E-state index in [0.717, 1.165) is 28.4 Å². The molecule has 0 aliphatic heterocycles. The summed E-state index contributed by atoms with van der Waals surface area (Å²) in [6, 6.07) is 11.0. The van der Waals surface area contributed by atoms with Crippen molar-refractivity contribution in [2.24, 2.45) is 0 Å². The van der Waals surface area contributed by atoms with E-state index in [4.69, 9.17) is 4.74 Å². The lowest BCUT2D eigenvalue weighted by atomic mass is 10.1. The van der Waals surface area contributed by atoms with Crippen LogP contribution < -0.4 is 10.1 Å². The van der Waals surface area contributed by atoms with Crippen LogP contribution in [-0.2, 0) is 22.6 Å². The van der Waals surface area contributed by atoms with Gasteiger partial charge in [-0.3, -0.25) is 9.59 Å². The first kappa shape index (κ1) is 24.9. The molecule has 168 valence electrons. The van der Waals surface area contributed by atoms with E-state index in [9.17, 15) is 14.0 Å². The summed E-state index contributed by atoms with van der Waals surface area (Å²) >= 11 is 3.48. The Labute approximate surface area is 192 Å². The predicted molar refractivity (Wildman–Crippen MR) is 123 cm³/mol. The largest absolute Gasteiger partial charge is 0.483 e. The molecule has 5 nitrogen and oxygen atoms in total. The second kappa shape index (κ2) is 12.4. The average Bonchev–Trinajstić information content (AvgIpc) is 2.77. The first-order valence-corrected chi connectivity index (χ1v) is 11.4. The number of carbonyl (C=O) groups is 2. The van der Waals surface area contributed by atoms with Crippen LogP contribution in [0.1, 0.15) is 44.7 Å². The maximum atomic E-state index is 13.3. The maximum Gasteiger partial charge on any atom is 0.261 e. The highest BCUT2D eigenvalue weighted by Gasteiger charge is 2.28. The van der Waals surface area contributed by atoms with E-state index in [2.05, 4.69) is 28.2 Å². The first-order valence-electron chi connectivity index (χ1n) is 10.6. The molecule has 0 spiro atoms. The topological polar surface area (TPSA) is 58.6 Å². The molecule has 2 amide bonds. The molecule has 0 aliphatic rings. The van der Waals surface area contributed by atoms with Crippen molar-refractivity contribution in [2.75, 3.05) is 13.2 Å². The third-order valence-corrected chi connectivity index (χ3v) is 5.58. The van der Waals surface area contributed by atoms with Crippen LogP contribution in [0.5, 0.6) is 5.75 Å². The summed E-state index contributed by atoms with van der Waals surface area (Å²) < 4.78 is 19.8. The van der Waals surface area contributed by atoms with Crippen molar-refractivity contribution in [1.29, 1.82) is 0 Å². The number of hydrogen-bond donors (Lipinski definition) is 1. The number of carbonyl (C=O) groups excluding carboxylic acids is 2. The van der Waals surface area contributed by atoms with Crippen molar-refractivity contribution in [2.45, 2.75) is 52.6 Å². The van der Waals surface area contributed by atoms with Crippen molar-refractivity contribution in [1.82, 2.24) is 10.2 Å². The van der Waals surface area contributed by atoms with Gasteiger partial charge < -0.3 is 15.0 Å². The zero-order chi connectivity index (χ0) is 22.8. The summed E-state index contributed by atoms with van der Waals surface area (Å²) in [5.74, 6) is -0.295. The summed E-state index contributed by atoms with van der Waals surface area (Å²) in [6.07, 6.45) is 2.16. The van der Waals surface area contributed by atoms with Gasteiger partial charge in [0.2, 0.25) is 5.91 Å². The number of halogens is 2. The molecule has 2 aromatic rings. The lowest BCUT2D eigenvalue weighted by Crippen LogP contribution is -2.50. The minimum Gasteiger partial charge on any atom is -0.483 e. The molecule has 0 unspecified atom stereocenters. The van der Waals surface area contributed by atoms with Gasteiger partial charge in [0.1, 0.15) is 17.6 Å². The van der Waals surface area contributed by atoms with Crippen LogP contribution in [0.4, 0.5) is 4.39 Å².